The van der Waals surface area contributed by atoms with Gasteiger partial charge in [0.2, 0.25) is 0 Å². The molecule has 0 radical (unpaired) electrons. The molecule has 2 rings (SSSR count). The molecule has 4 nitrogen and oxygen atoms in total. The van der Waals surface area contributed by atoms with Gasteiger partial charge < -0.3 is 20.1 Å². The molecule has 100 valence electrons. The number of nitrogens with zero attached hydrogens (tertiary/aromatic N) is 1. The van der Waals surface area contributed by atoms with Gasteiger partial charge in [0.15, 0.2) is 0 Å². The Morgan fingerprint density at radius 2 is 2.24 bits per heavy atom. The van der Waals surface area contributed by atoms with Crippen molar-refractivity contribution < 1.29 is 9.47 Å². The van der Waals surface area contributed by atoms with Crippen LogP contribution >= 0.6 is 0 Å². The second-order valence-electron chi connectivity index (χ2n) is 6.03. The Hall–Kier alpha value is -0.160. The Kier molecular flexibility index (Phi) is 4.42. The molecule has 2 aliphatic rings. The molecule has 17 heavy (non-hydrogen) atoms. The third-order valence-electron chi connectivity index (χ3n) is 3.92. The van der Waals surface area contributed by atoms with Crippen LogP contribution in [0.3, 0.4) is 0 Å². The highest BCUT2D eigenvalue weighted by atomic mass is 16.5. The van der Waals surface area contributed by atoms with Gasteiger partial charge in [-0.2, -0.15) is 0 Å². The van der Waals surface area contributed by atoms with E-state index in [2.05, 4.69) is 18.9 Å². The summed E-state index contributed by atoms with van der Waals surface area (Å²) in [5.41, 5.74) is 6.18. The van der Waals surface area contributed by atoms with Gasteiger partial charge in [-0.25, -0.2) is 0 Å². The maximum Gasteiger partial charge on any atom is 0.0624 e. The molecule has 1 aliphatic heterocycles. The van der Waals surface area contributed by atoms with E-state index in [1.165, 1.54) is 12.8 Å². The van der Waals surface area contributed by atoms with Crippen molar-refractivity contribution in [3.05, 3.63) is 0 Å². The Morgan fingerprint density at radius 3 is 2.82 bits per heavy atom. The molecule has 0 aromatic heterocycles. The average Bonchev–Trinajstić information content (AvgIpc) is 3.03. The van der Waals surface area contributed by atoms with E-state index in [0.717, 1.165) is 38.8 Å². The SMILES string of the molecule is CN(CCOCC1CC1)CC1(C)COCC1N. The van der Waals surface area contributed by atoms with E-state index in [1.807, 2.05) is 0 Å². The van der Waals surface area contributed by atoms with Crippen molar-refractivity contribution in [1.82, 2.24) is 4.90 Å². The largest absolute Gasteiger partial charge is 0.380 e. The number of ether oxygens (including phenoxy) is 2. The van der Waals surface area contributed by atoms with Crippen molar-refractivity contribution in [1.29, 1.82) is 0 Å². The second-order valence-corrected chi connectivity index (χ2v) is 6.03. The summed E-state index contributed by atoms with van der Waals surface area (Å²) in [6.07, 6.45) is 2.72. The molecular formula is C13H26N2O2. The minimum absolute atomic E-state index is 0.102. The fraction of sp³-hybridized carbons (Fsp3) is 1.00. The molecule has 0 spiro atoms. The van der Waals surface area contributed by atoms with Crippen LogP contribution in [0.5, 0.6) is 0 Å². The molecule has 1 heterocycles. The molecule has 0 bridgehead atoms. The van der Waals surface area contributed by atoms with Gasteiger partial charge in [0.1, 0.15) is 0 Å². The van der Waals surface area contributed by atoms with E-state index < -0.39 is 0 Å². The van der Waals surface area contributed by atoms with Crippen LogP contribution in [0.25, 0.3) is 0 Å². The topological polar surface area (TPSA) is 47.7 Å². The minimum Gasteiger partial charge on any atom is -0.380 e. The number of nitrogens with two attached hydrogens (primary N) is 1. The van der Waals surface area contributed by atoms with E-state index in [9.17, 15) is 0 Å². The first-order valence-corrected chi connectivity index (χ1v) is 6.70. The fourth-order valence-electron chi connectivity index (χ4n) is 2.34. The summed E-state index contributed by atoms with van der Waals surface area (Å²) in [5.74, 6) is 0.856. The van der Waals surface area contributed by atoms with Crippen LogP contribution in [-0.2, 0) is 9.47 Å². The third-order valence-corrected chi connectivity index (χ3v) is 3.92. The number of hydrogen-bond acceptors (Lipinski definition) is 4. The number of likely N-dealkylation sites (N-methyl/N-ethyl adjacent to an activating group) is 1. The molecule has 1 saturated carbocycles. The van der Waals surface area contributed by atoms with Crippen LogP contribution in [0.2, 0.25) is 0 Å². The molecule has 0 aromatic rings. The van der Waals surface area contributed by atoms with Crippen molar-refractivity contribution in [2.45, 2.75) is 25.8 Å². The molecule has 2 fully saturated rings. The Labute approximate surface area is 104 Å². The molecular weight excluding hydrogens is 216 g/mol. The second kappa shape index (κ2) is 5.65. The zero-order chi connectivity index (χ0) is 12.3. The predicted octanol–water partition coefficient (Wildman–Crippen LogP) is 0.709. The lowest BCUT2D eigenvalue weighted by atomic mass is 9.85. The van der Waals surface area contributed by atoms with Crippen molar-refractivity contribution in [3.8, 4) is 0 Å². The highest BCUT2D eigenvalue weighted by Crippen LogP contribution is 2.29. The monoisotopic (exact) mass is 242 g/mol. The van der Waals surface area contributed by atoms with Crippen molar-refractivity contribution in [2.24, 2.45) is 17.1 Å². The van der Waals surface area contributed by atoms with Gasteiger partial charge in [0.25, 0.3) is 0 Å². The molecule has 1 aliphatic carbocycles. The van der Waals surface area contributed by atoms with E-state index in [4.69, 9.17) is 15.2 Å². The van der Waals surface area contributed by atoms with E-state index in [-0.39, 0.29) is 11.5 Å². The highest BCUT2D eigenvalue weighted by Gasteiger charge is 2.38. The fourth-order valence-corrected chi connectivity index (χ4v) is 2.34. The lowest BCUT2D eigenvalue weighted by molar-refractivity contribution is 0.0820. The molecule has 0 aromatic carbocycles. The summed E-state index contributed by atoms with van der Waals surface area (Å²) in [5, 5.41) is 0. The van der Waals surface area contributed by atoms with Crippen LogP contribution in [0.1, 0.15) is 19.8 Å². The normalized spacial score (nSPS) is 33.5. The summed E-state index contributed by atoms with van der Waals surface area (Å²) in [7, 11) is 2.14. The molecule has 0 amide bonds. The van der Waals surface area contributed by atoms with Gasteiger partial charge >= 0.3 is 0 Å². The Bertz CT molecular complexity index is 246. The third kappa shape index (κ3) is 3.91. The molecule has 1 saturated heterocycles. The van der Waals surface area contributed by atoms with Crippen molar-refractivity contribution in [2.75, 3.05) is 46.6 Å². The summed E-state index contributed by atoms with van der Waals surface area (Å²) >= 11 is 0. The van der Waals surface area contributed by atoms with Gasteiger partial charge in [-0.3, -0.25) is 0 Å². The maximum atomic E-state index is 6.08. The number of rotatable bonds is 7. The molecule has 4 heteroatoms. The van der Waals surface area contributed by atoms with E-state index in [1.54, 1.807) is 0 Å². The van der Waals surface area contributed by atoms with Crippen LogP contribution in [0.4, 0.5) is 0 Å². The summed E-state index contributed by atoms with van der Waals surface area (Å²) in [4.78, 5) is 2.31. The van der Waals surface area contributed by atoms with Crippen molar-refractivity contribution in [3.63, 3.8) is 0 Å². The van der Waals surface area contributed by atoms with Gasteiger partial charge in [-0.15, -0.1) is 0 Å². The summed E-state index contributed by atoms with van der Waals surface area (Å²) in [6.45, 7) is 7.44. The quantitative estimate of drug-likeness (QED) is 0.668. The smallest absolute Gasteiger partial charge is 0.0624 e. The van der Waals surface area contributed by atoms with Crippen LogP contribution < -0.4 is 5.73 Å². The van der Waals surface area contributed by atoms with Crippen LogP contribution in [0, 0.1) is 11.3 Å². The first-order valence-electron chi connectivity index (χ1n) is 6.70. The average molecular weight is 242 g/mol. The lowest BCUT2D eigenvalue weighted by Crippen LogP contribution is -2.46. The maximum absolute atomic E-state index is 6.08. The Morgan fingerprint density at radius 1 is 1.47 bits per heavy atom. The van der Waals surface area contributed by atoms with Gasteiger partial charge in [0.05, 0.1) is 19.8 Å². The van der Waals surface area contributed by atoms with Gasteiger partial charge in [-0.1, -0.05) is 6.92 Å². The lowest BCUT2D eigenvalue weighted by Gasteiger charge is -2.31. The zero-order valence-electron chi connectivity index (χ0n) is 11.2. The van der Waals surface area contributed by atoms with E-state index >= 15 is 0 Å². The standard InChI is InChI=1S/C13H26N2O2/c1-13(10-17-8-12(13)14)9-15(2)5-6-16-7-11-3-4-11/h11-12H,3-10,14H2,1-2H3. The van der Waals surface area contributed by atoms with Crippen molar-refractivity contribution >= 4 is 0 Å². The zero-order valence-corrected chi connectivity index (χ0v) is 11.2. The summed E-state index contributed by atoms with van der Waals surface area (Å²) < 4.78 is 11.1. The Balaban J connectivity index is 1.60. The summed E-state index contributed by atoms with van der Waals surface area (Å²) in [6, 6.07) is 0.164. The molecule has 2 N–H and O–H groups in total. The first kappa shape index (κ1) is 13.3. The van der Waals surface area contributed by atoms with Gasteiger partial charge in [-0.05, 0) is 25.8 Å². The highest BCUT2D eigenvalue weighted by molar-refractivity contribution is 4.91. The molecule has 2 atom stereocenters. The molecule has 2 unspecified atom stereocenters. The van der Waals surface area contributed by atoms with Gasteiger partial charge in [0, 0.05) is 31.2 Å². The van der Waals surface area contributed by atoms with E-state index in [0.29, 0.717) is 6.61 Å². The minimum atomic E-state index is 0.102. The van der Waals surface area contributed by atoms with Crippen LogP contribution in [0.15, 0.2) is 0 Å². The van der Waals surface area contributed by atoms with Crippen LogP contribution in [-0.4, -0.2) is 57.5 Å². The predicted molar refractivity (Wildman–Crippen MR) is 67.9 cm³/mol. The number of hydrogen-bond donors (Lipinski definition) is 1. The first-order chi connectivity index (χ1) is 8.10.